The number of nitrogens with one attached hydrogen (secondary N) is 1. The summed E-state index contributed by atoms with van der Waals surface area (Å²) in [6, 6.07) is 17.0. The highest BCUT2D eigenvalue weighted by Crippen LogP contribution is 2.31. The summed E-state index contributed by atoms with van der Waals surface area (Å²) in [6.45, 7) is 4.12. The third kappa shape index (κ3) is 3.32. The molecule has 0 bridgehead atoms. The monoisotopic (exact) mass is 345 g/mol. The first-order valence-corrected chi connectivity index (χ1v) is 8.08. The fraction of sp³-hybridized carbons (Fsp3) is 0.294. The molecule has 0 aromatic heterocycles. The molecule has 0 aliphatic carbocycles. The van der Waals surface area contributed by atoms with Gasteiger partial charge in [0.25, 0.3) is 0 Å². The van der Waals surface area contributed by atoms with E-state index in [0.29, 0.717) is 0 Å². The molecule has 1 heterocycles. The van der Waals surface area contributed by atoms with Crippen molar-refractivity contribution in [3.05, 3.63) is 53.0 Å². The van der Waals surface area contributed by atoms with E-state index < -0.39 is 0 Å². The molecule has 0 unspecified atom stereocenters. The van der Waals surface area contributed by atoms with Crippen molar-refractivity contribution < 1.29 is 0 Å². The lowest BCUT2D eigenvalue weighted by atomic mass is 10.2. The molecule has 1 N–H and O–H groups in total. The van der Waals surface area contributed by atoms with Crippen LogP contribution in [0, 0.1) is 0 Å². The minimum absolute atomic E-state index is 0.944. The molecule has 21 heavy (non-hydrogen) atoms. The summed E-state index contributed by atoms with van der Waals surface area (Å²) in [5.41, 5.74) is 3.83. The van der Waals surface area contributed by atoms with Crippen molar-refractivity contribution in [1.29, 1.82) is 0 Å². The van der Waals surface area contributed by atoms with E-state index in [0.717, 1.165) is 30.7 Å². The van der Waals surface area contributed by atoms with E-state index in [1.165, 1.54) is 17.1 Å². The van der Waals surface area contributed by atoms with Crippen LogP contribution in [-0.4, -0.2) is 33.2 Å². The molecule has 0 spiro atoms. The van der Waals surface area contributed by atoms with Gasteiger partial charge in [-0.05, 0) is 36.4 Å². The average molecular weight is 346 g/mol. The molecule has 2 aromatic rings. The standard InChI is InChI=1S/C17H20BrN3/c1-20-12-13-21(17-5-3-2-4-16(17)20)11-10-19-15-8-6-14(18)7-9-15/h2-9,19H,10-13H2,1H3. The molecule has 110 valence electrons. The molecule has 0 saturated heterocycles. The molecule has 0 atom stereocenters. The molecular weight excluding hydrogens is 326 g/mol. The van der Waals surface area contributed by atoms with Crippen LogP contribution in [0.2, 0.25) is 0 Å². The van der Waals surface area contributed by atoms with Crippen molar-refractivity contribution in [3.8, 4) is 0 Å². The zero-order valence-electron chi connectivity index (χ0n) is 12.2. The van der Waals surface area contributed by atoms with Gasteiger partial charge in [0.15, 0.2) is 0 Å². The van der Waals surface area contributed by atoms with Crippen LogP contribution >= 0.6 is 15.9 Å². The van der Waals surface area contributed by atoms with Crippen LogP contribution in [0.3, 0.4) is 0 Å². The number of para-hydroxylation sites is 2. The smallest absolute Gasteiger partial charge is 0.0605 e. The SMILES string of the molecule is CN1CCN(CCNc2ccc(Br)cc2)c2ccccc21. The quantitative estimate of drug-likeness (QED) is 0.908. The average Bonchev–Trinajstić information content (AvgIpc) is 2.52. The Kier molecular flexibility index (Phi) is 4.34. The number of anilines is 3. The molecule has 0 saturated carbocycles. The molecule has 3 rings (SSSR count). The van der Waals surface area contributed by atoms with E-state index in [1.807, 2.05) is 0 Å². The van der Waals surface area contributed by atoms with E-state index in [1.54, 1.807) is 0 Å². The molecule has 2 aromatic carbocycles. The number of halogens is 1. The molecule has 0 fully saturated rings. The largest absolute Gasteiger partial charge is 0.383 e. The van der Waals surface area contributed by atoms with Gasteiger partial charge in [0, 0.05) is 43.4 Å². The number of hydrogen-bond acceptors (Lipinski definition) is 3. The lowest BCUT2D eigenvalue weighted by Gasteiger charge is -2.37. The predicted octanol–water partition coefficient (Wildman–Crippen LogP) is 3.82. The Balaban J connectivity index is 1.61. The van der Waals surface area contributed by atoms with E-state index >= 15 is 0 Å². The minimum atomic E-state index is 0.944. The third-order valence-corrected chi connectivity index (χ3v) is 4.42. The molecule has 1 aliphatic heterocycles. The maximum Gasteiger partial charge on any atom is 0.0605 e. The Hall–Kier alpha value is -1.68. The maximum atomic E-state index is 3.49. The number of fused-ring (bicyclic) bond motifs is 1. The van der Waals surface area contributed by atoms with Gasteiger partial charge in [-0.15, -0.1) is 0 Å². The highest BCUT2D eigenvalue weighted by atomic mass is 79.9. The van der Waals surface area contributed by atoms with Crippen molar-refractivity contribution in [2.75, 3.05) is 48.3 Å². The number of hydrogen-bond donors (Lipinski definition) is 1. The van der Waals surface area contributed by atoms with E-state index in [2.05, 4.69) is 86.6 Å². The van der Waals surface area contributed by atoms with Crippen LogP contribution in [0.15, 0.2) is 53.0 Å². The highest BCUT2D eigenvalue weighted by Gasteiger charge is 2.18. The van der Waals surface area contributed by atoms with Crippen LogP contribution in [0.25, 0.3) is 0 Å². The van der Waals surface area contributed by atoms with Gasteiger partial charge in [0.05, 0.1) is 11.4 Å². The van der Waals surface area contributed by atoms with Crippen LogP contribution < -0.4 is 15.1 Å². The van der Waals surface area contributed by atoms with Crippen molar-refractivity contribution in [2.45, 2.75) is 0 Å². The Labute approximate surface area is 134 Å². The first-order chi connectivity index (χ1) is 10.2. The number of nitrogens with zero attached hydrogens (tertiary/aromatic N) is 2. The fourth-order valence-corrected chi connectivity index (χ4v) is 2.97. The Morgan fingerprint density at radius 3 is 2.48 bits per heavy atom. The van der Waals surface area contributed by atoms with E-state index in [-0.39, 0.29) is 0 Å². The zero-order valence-corrected chi connectivity index (χ0v) is 13.8. The van der Waals surface area contributed by atoms with Crippen molar-refractivity contribution in [2.24, 2.45) is 0 Å². The van der Waals surface area contributed by atoms with Crippen LogP contribution in [0.1, 0.15) is 0 Å². The van der Waals surface area contributed by atoms with Gasteiger partial charge in [0.1, 0.15) is 0 Å². The van der Waals surface area contributed by atoms with Crippen molar-refractivity contribution >= 4 is 33.0 Å². The number of benzene rings is 2. The summed E-state index contributed by atoms with van der Waals surface area (Å²) in [5, 5.41) is 3.49. The second-order valence-corrected chi connectivity index (χ2v) is 6.25. The van der Waals surface area contributed by atoms with Crippen molar-refractivity contribution in [3.63, 3.8) is 0 Å². The molecule has 4 heteroatoms. The van der Waals surface area contributed by atoms with Gasteiger partial charge in [-0.2, -0.15) is 0 Å². The first kappa shape index (κ1) is 14.3. The number of likely N-dealkylation sites (N-methyl/N-ethyl adjacent to an activating group) is 1. The third-order valence-electron chi connectivity index (χ3n) is 3.89. The van der Waals surface area contributed by atoms with Gasteiger partial charge >= 0.3 is 0 Å². The fourth-order valence-electron chi connectivity index (χ4n) is 2.70. The van der Waals surface area contributed by atoms with Gasteiger partial charge < -0.3 is 15.1 Å². The van der Waals surface area contributed by atoms with Crippen molar-refractivity contribution in [1.82, 2.24) is 0 Å². The normalized spacial score (nSPS) is 14.0. The van der Waals surface area contributed by atoms with Gasteiger partial charge in [-0.1, -0.05) is 28.1 Å². The maximum absolute atomic E-state index is 3.49. The highest BCUT2D eigenvalue weighted by molar-refractivity contribution is 9.10. The minimum Gasteiger partial charge on any atom is -0.383 e. The second kappa shape index (κ2) is 6.39. The zero-order chi connectivity index (χ0) is 14.7. The molecule has 0 amide bonds. The lowest BCUT2D eigenvalue weighted by Crippen LogP contribution is -2.41. The molecular formula is C17H20BrN3. The summed E-state index contributed by atoms with van der Waals surface area (Å²) in [6.07, 6.45) is 0. The lowest BCUT2D eigenvalue weighted by molar-refractivity contribution is 0.741. The van der Waals surface area contributed by atoms with Gasteiger partial charge in [-0.3, -0.25) is 0 Å². The van der Waals surface area contributed by atoms with Gasteiger partial charge in [0.2, 0.25) is 0 Å². The van der Waals surface area contributed by atoms with E-state index in [4.69, 9.17) is 0 Å². The number of rotatable bonds is 4. The Bertz CT molecular complexity index is 597. The molecule has 1 aliphatic rings. The summed E-state index contributed by atoms with van der Waals surface area (Å²) in [5.74, 6) is 0. The first-order valence-electron chi connectivity index (χ1n) is 7.28. The molecule has 0 radical (unpaired) electrons. The second-order valence-electron chi connectivity index (χ2n) is 5.33. The van der Waals surface area contributed by atoms with Crippen LogP contribution in [-0.2, 0) is 0 Å². The summed E-state index contributed by atoms with van der Waals surface area (Å²) in [4.78, 5) is 4.79. The molecule has 3 nitrogen and oxygen atoms in total. The van der Waals surface area contributed by atoms with Gasteiger partial charge in [-0.25, -0.2) is 0 Å². The Morgan fingerprint density at radius 1 is 1.00 bits per heavy atom. The summed E-state index contributed by atoms with van der Waals surface area (Å²) in [7, 11) is 2.16. The summed E-state index contributed by atoms with van der Waals surface area (Å²) < 4.78 is 1.11. The van der Waals surface area contributed by atoms with Crippen LogP contribution in [0.5, 0.6) is 0 Å². The predicted molar refractivity (Wildman–Crippen MR) is 94.6 cm³/mol. The Morgan fingerprint density at radius 2 is 1.71 bits per heavy atom. The topological polar surface area (TPSA) is 18.5 Å². The summed E-state index contributed by atoms with van der Waals surface area (Å²) >= 11 is 3.46. The van der Waals surface area contributed by atoms with E-state index in [9.17, 15) is 0 Å². The van der Waals surface area contributed by atoms with Crippen LogP contribution in [0.4, 0.5) is 17.1 Å².